The SMILES string of the molecule is COCC(C)(C)C1CCC2NC(CCC3CC(N(C[C@H]4O[C@@H](N5CNC6C(N)NCNC65)[C@H](O)[C@@H]4O)C(C)C)C3)NC2C1. The van der Waals surface area contributed by atoms with Crippen LogP contribution in [0.3, 0.4) is 0 Å². The van der Waals surface area contributed by atoms with E-state index in [9.17, 15) is 10.2 Å². The third-order valence-electron chi connectivity index (χ3n) is 11.8. The van der Waals surface area contributed by atoms with Crippen LogP contribution in [0.5, 0.6) is 0 Å². The minimum atomic E-state index is -0.960. The van der Waals surface area contributed by atoms with Crippen molar-refractivity contribution in [2.75, 3.05) is 33.6 Å². The van der Waals surface area contributed by atoms with Gasteiger partial charge in [-0.05, 0) is 76.0 Å². The first-order valence-corrected chi connectivity index (χ1v) is 17.1. The Labute approximate surface area is 258 Å². The van der Waals surface area contributed by atoms with Crippen LogP contribution in [0.15, 0.2) is 0 Å². The second-order valence-electron chi connectivity index (χ2n) is 15.4. The highest BCUT2D eigenvalue weighted by Crippen LogP contribution is 2.41. The van der Waals surface area contributed by atoms with Crippen molar-refractivity contribution in [2.45, 2.75) is 146 Å². The lowest BCUT2D eigenvalue weighted by atomic mass is 9.69. The lowest BCUT2D eigenvalue weighted by Crippen LogP contribution is -2.68. The average Bonchev–Trinajstić information content (AvgIpc) is 3.63. The van der Waals surface area contributed by atoms with Gasteiger partial charge in [0.1, 0.15) is 24.5 Å². The summed E-state index contributed by atoms with van der Waals surface area (Å²) < 4.78 is 11.9. The zero-order valence-electron chi connectivity index (χ0n) is 27.0. The zero-order chi connectivity index (χ0) is 30.5. The van der Waals surface area contributed by atoms with Crippen LogP contribution in [0.4, 0.5) is 0 Å². The molecule has 0 bridgehead atoms. The third kappa shape index (κ3) is 6.68. The van der Waals surface area contributed by atoms with Crippen molar-refractivity contribution in [3.8, 4) is 0 Å². The first-order chi connectivity index (χ1) is 20.6. The van der Waals surface area contributed by atoms with E-state index in [4.69, 9.17) is 15.2 Å². The quantitative estimate of drug-likeness (QED) is 0.152. The predicted molar refractivity (Wildman–Crippen MR) is 165 cm³/mol. The molecule has 11 atom stereocenters. The molecule has 2 aliphatic carbocycles. The summed E-state index contributed by atoms with van der Waals surface area (Å²) in [5.74, 6) is 1.44. The van der Waals surface area contributed by atoms with Crippen molar-refractivity contribution < 1.29 is 19.7 Å². The van der Waals surface area contributed by atoms with E-state index in [1.165, 1.54) is 44.9 Å². The fourth-order valence-electron chi connectivity index (χ4n) is 9.09. The van der Waals surface area contributed by atoms with Gasteiger partial charge in [-0.3, -0.25) is 31.5 Å². The maximum Gasteiger partial charge on any atom is 0.142 e. The zero-order valence-corrected chi connectivity index (χ0v) is 27.0. The van der Waals surface area contributed by atoms with Gasteiger partial charge in [0, 0.05) is 44.5 Å². The van der Waals surface area contributed by atoms with Gasteiger partial charge in [-0.25, -0.2) is 4.90 Å². The normalized spacial score (nSPS) is 45.5. The fraction of sp³-hybridized carbons (Fsp3) is 1.00. The minimum Gasteiger partial charge on any atom is -0.387 e. The molecule has 0 aromatic heterocycles. The van der Waals surface area contributed by atoms with E-state index in [0.29, 0.717) is 56.1 Å². The molecule has 9 N–H and O–H groups in total. The fourth-order valence-corrected chi connectivity index (χ4v) is 9.09. The average molecular weight is 609 g/mol. The molecule has 0 aromatic carbocycles. The van der Waals surface area contributed by atoms with Crippen LogP contribution in [-0.2, 0) is 9.47 Å². The Balaban J connectivity index is 0.953. The molecule has 0 amide bonds. The van der Waals surface area contributed by atoms with Gasteiger partial charge in [0.25, 0.3) is 0 Å². The molecule has 4 aliphatic heterocycles. The van der Waals surface area contributed by atoms with Gasteiger partial charge < -0.3 is 25.4 Å². The molecule has 0 aromatic rings. The molecule has 4 saturated heterocycles. The first-order valence-electron chi connectivity index (χ1n) is 17.1. The van der Waals surface area contributed by atoms with Crippen LogP contribution in [0.2, 0.25) is 0 Å². The summed E-state index contributed by atoms with van der Waals surface area (Å²) in [4.78, 5) is 4.56. The Morgan fingerprint density at radius 3 is 2.53 bits per heavy atom. The standard InChI is InChI=1S/C31H60N8O4/c1-17(2)38(13-23-26(40)27(41)30(43-23)39-16-35-25-28(32)33-15-34-29(25)39)20-10-18(11-20)6-9-24-36-21-8-7-19(12-22(21)37-24)31(3,4)14-42-5/h17-30,33-37,40-41H,6-16,32H2,1-5H3/t18?,19?,20?,21?,22?,23-,24?,25?,26-,27-,28?,29?,30-/m1/s1. The van der Waals surface area contributed by atoms with Crippen LogP contribution in [0.25, 0.3) is 0 Å². The molecular weight excluding hydrogens is 548 g/mol. The number of nitrogens with one attached hydrogen (secondary N) is 5. The monoisotopic (exact) mass is 608 g/mol. The molecule has 12 nitrogen and oxygen atoms in total. The predicted octanol–water partition coefficient (Wildman–Crippen LogP) is -0.576. The number of aliphatic hydroxyl groups is 2. The van der Waals surface area contributed by atoms with Crippen LogP contribution in [0, 0.1) is 17.3 Å². The van der Waals surface area contributed by atoms with E-state index >= 15 is 0 Å². The molecule has 0 spiro atoms. The van der Waals surface area contributed by atoms with E-state index in [-0.39, 0.29) is 23.8 Å². The van der Waals surface area contributed by atoms with Gasteiger partial charge in [-0.1, -0.05) is 13.8 Å². The van der Waals surface area contributed by atoms with Gasteiger partial charge >= 0.3 is 0 Å². The summed E-state index contributed by atoms with van der Waals surface area (Å²) in [6.45, 7) is 11.8. The number of fused-ring (bicyclic) bond motifs is 2. The molecule has 6 rings (SSSR count). The van der Waals surface area contributed by atoms with Gasteiger partial charge in [-0.15, -0.1) is 0 Å². The highest BCUT2D eigenvalue weighted by atomic mass is 16.6. The number of nitrogens with two attached hydrogens (primary N) is 1. The topological polar surface area (TPSA) is 152 Å². The highest BCUT2D eigenvalue weighted by molar-refractivity contribution is 5.03. The van der Waals surface area contributed by atoms with E-state index in [2.05, 4.69) is 64.1 Å². The molecule has 4 heterocycles. The summed E-state index contributed by atoms with van der Waals surface area (Å²) in [6.07, 6.45) is 5.89. The second-order valence-corrected chi connectivity index (χ2v) is 15.4. The van der Waals surface area contributed by atoms with Gasteiger partial charge in [-0.2, -0.15) is 0 Å². The van der Waals surface area contributed by atoms with Crippen molar-refractivity contribution in [3.63, 3.8) is 0 Å². The van der Waals surface area contributed by atoms with E-state index in [1.54, 1.807) is 0 Å². The van der Waals surface area contributed by atoms with Crippen molar-refractivity contribution in [2.24, 2.45) is 23.0 Å². The minimum absolute atomic E-state index is 0.0171. The summed E-state index contributed by atoms with van der Waals surface area (Å²) in [6, 6.07) is 2.04. The summed E-state index contributed by atoms with van der Waals surface area (Å²) in [7, 11) is 1.82. The molecule has 12 heteroatoms. The van der Waals surface area contributed by atoms with Gasteiger partial charge in [0.15, 0.2) is 0 Å². The van der Waals surface area contributed by atoms with Crippen molar-refractivity contribution in [1.82, 2.24) is 36.4 Å². The smallest absolute Gasteiger partial charge is 0.142 e. The Morgan fingerprint density at radius 1 is 1.02 bits per heavy atom. The highest BCUT2D eigenvalue weighted by Gasteiger charge is 2.52. The van der Waals surface area contributed by atoms with Crippen LogP contribution >= 0.6 is 0 Å². The molecule has 248 valence electrons. The van der Waals surface area contributed by atoms with Gasteiger partial charge in [0.05, 0.1) is 37.8 Å². The molecule has 6 fully saturated rings. The molecule has 0 radical (unpaired) electrons. The van der Waals surface area contributed by atoms with E-state index in [1.807, 2.05) is 7.11 Å². The van der Waals surface area contributed by atoms with Crippen LogP contribution < -0.4 is 32.3 Å². The van der Waals surface area contributed by atoms with Crippen molar-refractivity contribution in [3.05, 3.63) is 0 Å². The van der Waals surface area contributed by atoms with E-state index in [0.717, 1.165) is 12.5 Å². The maximum atomic E-state index is 11.0. The number of ether oxygens (including phenoxy) is 2. The molecule has 6 aliphatic rings. The second kappa shape index (κ2) is 13.3. The van der Waals surface area contributed by atoms with Crippen LogP contribution in [-0.4, -0.2) is 127 Å². The number of hydrogen-bond acceptors (Lipinski definition) is 12. The van der Waals surface area contributed by atoms with E-state index < -0.39 is 24.5 Å². The lowest BCUT2D eigenvalue weighted by molar-refractivity contribution is -0.112. The Hall–Kier alpha value is -0.480. The van der Waals surface area contributed by atoms with Gasteiger partial charge in [0.2, 0.25) is 0 Å². The summed E-state index contributed by atoms with van der Waals surface area (Å²) >= 11 is 0. The largest absolute Gasteiger partial charge is 0.387 e. The van der Waals surface area contributed by atoms with Crippen molar-refractivity contribution in [1.29, 1.82) is 0 Å². The first kappa shape index (κ1) is 32.5. The lowest BCUT2D eigenvalue weighted by Gasteiger charge is -2.46. The number of hydrogen-bond donors (Lipinski definition) is 8. The van der Waals surface area contributed by atoms with Crippen LogP contribution in [0.1, 0.15) is 72.6 Å². The number of rotatable bonds is 11. The molecular formula is C31H60N8O4. The van der Waals surface area contributed by atoms with Crippen molar-refractivity contribution >= 4 is 0 Å². The molecule has 43 heavy (non-hydrogen) atoms. The number of methoxy groups -OCH3 is 1. The Bertz CT molecular complexity index is 924. The number of nitrogens with zero attached hydrogens (tertiary/aromatic N) is 2. The molecule has 2 saturated carbocycles. The summed E-state index contributed by atoms with van der Waals surface area (Å²) in [5.41, 5.74) is 6.47. The summed E-state index contributed by atoms with van der Waals surface area (Å²) in [5, 5.41) is 40.0. The Kier molecular flexibility index (Phi) is 10.1. The maximum absolute atomic E-state index is 11.0. The Morgan fingerprint density at radius 2 is 1.79 bits per heavy atom. The number of aliphatic hydroxyl groups excluding tert-OH is 2. The third-order valence-corrected chi connectivity index (χ3v) is 11.8. The molecule has 7 unspecified atom stereocenters.